The molecule has 0 bridgehead atoms. The van der Waals surface area contributed by atoms with E-state index in [2.05, 4.69) is 13.8 Å². The number of amides is 1. The lowest BCUT2D eigenvalue weighted by Crippen LogP contribution is -2.45. The Labute approximate surface area is 113 Å². The van der Waals surface area contributed by atoms with E-state index in [4.69, 9.17) is 0 Å². The number of benzene rings is 1. The largest absolute Gasteiger partial charge is 0.758 e. The van der Waals surface area contributed by atoms with Crippen LogP contribution in [-0.4, -0.2) is 29.4 Å². The maximum atomic E-state index is 12.7. The quantitative estimate of drug-likeness (QED) is 0.779. The van der Waals surface area contributed by atoms with Crippen molar-refractivity contribution in [2.45, 2.75) is 38.8 Å². The van der Waals surface area contributed by atoms with Crippen molar-refractivity contribution in [1.29, 1.82) is 0 Å². The molecule has 2 aliphatic heterocycles. The summed E-state index contributed by atoms with van der Waals surface area (Å²) < 4.78 is 0. The van der Waals surface area contributed by atoms with Crippen molar-refractivity contribution in [2.24, 2.45) is 5.92 Å². The van der Waals surface area contributed by atoms with Gasteiger partial charge >= 0.3 is 0 Å². The van der Waals surface area contributed by atoms with Gasteiger partial charge in [0.05, 0.1) is 5.56 Å². The molecule has 1 saturated heterocycles. The van der Waals surface area contributed by atoms with Crippen LogP contribution in [0.25, 0.3) is 0 Å². The second-order valence-corrected chi connectivity index (χ2v) is 5.83. The predicted molar refractivity (Wildman–Crippen MR) is 75.0 cm³/mol. The van der Waals surface area contributed by atoms with Gasteiger partial charge in [-0.3, -0.25) is 4.79 Å². The van der Waals surface area contributed by atoms with Gasteiger partial charge in [-0.05, 0) is 30.9 Å². The summed E-state index contributed by atoms with van der Waals surface area (Å²) in [6.07, 6.45) is 1.94. The molecule has 1 fully saturated rings. The van der Waals surface area contributed by atoms with E-state index in [1.165, 1.54) is 0 Å². The zero-order chi connectivity index (χ0) is 13.6. The van der Waals surface area contributed by atoms with Gasteiger partial charge in [0.1, 0.15) is 0 Å². The third-order valence-electron chi connectivity index (χ3n) is 4.33. The van der Waals surface area contributed by atoms with Gasteiger partial charge < -0.3 is 15.2 Å². The third kappa shape index (κ3) is 1.91. The Morgan fingerprint density at radius 1 is 1.26 bits per heavy atom. The summed E-state index contributed by atoms with van der Waals surface area (Å²) in [4.78, 5) is 14.7. The molecule has 3 rings (SSSR count). The van der Waals surface area contributed by atoms with Crippen LogP contribution in [0.3, 0.4) is 0 Å². The molecule has 1 aromatic rings. The van der Waals surface area contributed by atoms with Gasteiger partial charge in [-0.25, -0.2) is 0 Å². The minimum Gasteiger partial charge on any atom is -0.758 e. The van der Waals surface area contributed by atoms with Crippen molar-refractivity contribution in [2.75, 3.05) is 11.6 Å². The van der Waals surface area contributed by atoms with Gasteiger partial charge in [0.2, 0.25) is 0 Å². The summed E-state index contributed by atoms with van der Waals surface area (Å²) in [5.41, 5.74) is 1.07. The van der Waals surface area contributed by atoms with E-state index in [9.17, 15) is 10.0 Å². The van der Waals surface area contributed by atoms with Gasteiger partial charge in [-0.15, -0.1) is 0 Å². The first-order valence-corrected chi connectivity index (χ1v) is 6.96. The van der Waals surface area contributed by atoms with Gasteiger partial charge in [-0.1, -0.05) is 26.0 Å². The Kier molecular flexibility index (Phi) is 2.97. The number of fused-ring (bicyclic) bond motifs is 2. The van der Waals surface area contributed by atoms with Crippen LogP contribution < -0.4 is 5.06 Å². The summed E-state index contributed by atoms with van der Waals surface area (Å²) in [5, 5.41) is 13.2. The summed E-state index contributed by atoms with van der Waals surface area (Å²) in [6.45, 7) is 4.68. The first-order valence-electron chi connectivity index (χ1n) is 6.96. The van der Waals surface area contributed by atoms with Crippen molar-refractivity contribution in [3.05, 3.63) is 35.0 Å². The van der Waals surface area contributed by atoms with Crippen LogP contribution in [0.5, 0.6) is 0 Å². The number of para-hydroxylation sites is 1. The number of anilines is 1. The highest BCUT2D eigenvalue weighted by molar-refractivity contribution is 6.01. The van der Waals surface area contributed by atoms with E-state index in [1.54, 1.807) is 12.1 Å². The summed E-state index contributed by atoms with van der Waals surface area (Å²) in [7, 11) is 0. The topological polar surface area (TPSA) is 46.6 Å². The van der Waals surface area contributed by atoms with Crippen LogP contribution in [0, 0.1) is 11.1 Å². The molecule has 2 aliphatic rings. The Morgan fingerprint density at radius 2 is 2.00 bits per heavy atom. The molecular weight excluding hydrogens is 240 g/mol. The Balaban J connectivity index is 2.05. The lowest BCUT2D eigenvalue weighted by Gasteiger charge is -2.34. The lowest BCUT2D eigenvalue weighted by molar-refractivity contribution is 0.0639. The molecular formula is C15H19N2O2-. The average Bonchev–Trinajstić information content (AvgIpc) is 2.77. The van der Waals surface area contributed by atoms with Crippen molar-refractivity contribution in [3.8, 4) is 0 Å². The van der Waals surface area contributed by atoms with Gasteiger partial charge in [0.25, 0.3) is 5.91 Å². The van der Waals surface area contributed by atoms with E-state index >= 15 is 0 Å². The summed E-state index contributed by atoms with van der Waals surface area (Å²) >= 11 is 0. The van der Waals surface area contributed by atoms with Crippen LogP contribution in [0.1, 0.15) is 37.0 Å². The minimum absolute atomic E-state index is 0.0233. The molecule has 0 unspecified atom stereocenters. The zero-order valence-electron chi connectivity index (χ0n) is 11.4. The molecule has 0 radical (unpaired) electrons. The van der Waals surface area contributed by atoms with Crippen molar-refractivity contribution >= 4 is 11.6 Å². The highest BCUT2D eigenvalue weighted by atomic mass is 16.5. The Bertz CT molecular complexity index is 501. The first kappa shape index (κ1) is 12.5. The van der Waals surface area contributed by atoms with E-state index in [0.29, 0.717) is 23.7 Å². The van der Waals surface area contributed by atoms with Crippen molar-refractivity contribution < 1.29 is 4.79 Å². The number of carbonyl (C=O) groups is 1. The van der Waals surface area contributed by atoms with Crippen LogP contribution in [0.2, 0.25) is 0 Å². The molecule has 0 N–H and O–H groups in total. The van der Waals surface area contributed by atoms with E-state index in [0.717, 1.165) is 17.9 Å². The normalized spacial score (nSPS) is 26.4. The van der Waals surface area contributed by atoms with Crippen LogP contribution in [0.15, 0.2) is 24.3 Å². The maximum absolute atomic E-state index is 12.7. The lowest BCUT2D eigenvalue weighted by atomic mass is 10.0. The molecule has 2 heterocycles. The SMILES string of the molecule is CC(C)[C@H]1CC[C@H]2CN([O-])c3ccccc3C(=O)N21. The fourth-order valence-electron chi connectivity index (χ4n) is 3.36. The maximum Gasteiger partial charge on any atom is 0.256 e. The monoisotopic (exact) mass is 259 g/mol. The Morgan fingerprint density at radius 3 is 2.74 bits per heavy atom. The number of hydrogen-bond donors (Lipinski definition) is 0. The zero-order valence-corrected chi connectivity index (χ0v) is 11.4. The number of hydrogen-bond acceptors (Lipinski definition) is 3. The molecule has 4 nitrogen and oxygen atoms in total. The fourth-order valence-corrected chi connectivity index (χ4v) is 3.36. The molecule has 4 heteroatoms. The standard InChI is InChI=1S/C15H19N2O2/c1-10(2)13-8-7-11-9-16(19)14-6-4-3-5-12(14)15(18)17(11)13/h3-6,10-11,13H,7-9H2,1-2H3/q-1/t11-,13+/m0/s1. The van der Waals surface area contributed by atoms with Crippen LogP contribution in [0.4, 0.5) is 5.69 Å². The number of hydroxylamine groups is 1. The van der Waals surface area contributed by atoms with Gasteiger partial charge in [-0.2, -0.15) is 0 Å². The Hall–Kier alpha value is -1.55. The number of rotatable bonds is 1. The van der Waals surface area contributed by atoms with E-state index in [1.807, 2.05) is 17.0 Å². The minimum atomic E-state index is 0.0233. The fraction of sp³-hybridized carbons (Fsp3) is 0.533. The summed E-state index contributed by atoms with van der Waals surface area (Å²) in [6, 6.07) is 7.47. The summed E-state index contributed by atoms with van der Waals surface area (Å²) in [5.74, 6) is 0.453. The van der Waals surface area contributed by atoms with Gasteiger partial charge in [0.15, 0.2) is 0 Å². The molecule has 0 spiro atoms. The molecule has 0 saturated carbocycles. The number of nitrogens with zero attached hydrogens (tertiary/aromatic N) is 2. The number of carbonyl (C=O) groups excluding carboxylic acids is 1. The second kappa shape index (κ2) is 4.53. The third-order valence-corrected chi connectivity index (χ3v) is 4.33. The van der Waals surface area contributed by atoms with Gasteiger partial charge in [0, 0.05) is 24.3 Å². The average molecular weight is 259 g/mol. The second-order valence-electron chi connectivity index (χ2n) is 5.83. The van der Waals surface area contributed by atoms with E-state index < -0.39 is 0 Å². The molecule has 0 aliphatic carbocycles. The molecule has 0 aromatic heterocycles. The van der Waals surface area contributed by atoms with E-state index in [-0.39, 0.29) is 18.0 Å². The molecule has 1 amide bonds. The molecule has 102 valence electrons. The highest BCUT2D eigenvalue weighted by Crippen LogP contribution is 2.36. The predicted octanol–water partition coefficient (Wildman–Crippen LogP) is 2.63. The van der Waals surface area contributed by atoms with Crippen LogP contribution in [-0.2, 0) is 0 Å². The molecule has 2 atom stereocenters. The van der Waals surface area contributed by atoms with Crippen LogP contribution >= 0.6 is 0 Å². The molecule has 19 heavy (non-hydrogen) atoms. The smallest absolute Gasteiger partial charge is 0.256 e. The van der Waals surface area contributed by atoms with Crippen molar-refractivity contribution in [3.63, 3.8) is 0 Å². The highest BCUT2D eigenvalue weighted by Gasteiger charge is 2.41. The first-order chi connectivity index (χ1) is 9.09. The molecule has 1 aromatic carbocycles. The van der Waals surface area contributed by atoms with Crippen molar-refractivity contribution in [1.82, 2.24) is 4.90 Å².